The molecule has 1 saturated heterocycles. The lowest BCUT2D eigenvalue weighted by molar-refractivity contribution is 0.315. The number of guanidine groups is 1. The molecule has 0 spiro atoms. The molecule has 2 unspecified atom stereocenters. The third-order valence-corrected chi connectivity index (χ3v) is 6.08. The minimum atomic E-state index is 0. The molecule has 0 radical (unpaired) electrons. The average Bonchev–Trinajstić information content (AvgIpc) is 3.37. The Morgan fingerprint density at radius 2 is 2.04 bits per heavy atom. The molecule has 4 rings (SSSR count). The third kappa shape index (κ3) is 4.42. The first-order valence-electron chi connectivity index (χ1n) is 9.84. The van der Waals surface area contributed by atoms with Gasteiger partial charge in [-0.1, -0.05) is 13.0 Å². The highest BCUT2D eigenvalue weighted by atomic mass is 127. The second-order valence-electron chi connectivity index (χ2n) is 8.09. The predicted octanol–water partition coefficient (Wildman–Crippen LogP) is 3.55. The maximum absolute atomic E-state index is 4.44. The zero-order valence-electron chi connectivity index (χ0n) is 16.8. The maximum Gasteiger partial charge on any atom is 0.191 e. The van der Waals surface area contributed by atoms with Gasteiger partial charge in [0.1, 0.15) is 0 Å². The van der Waals surface area contributed by atoms with Crippen molar-refractivity contribution in [3.8, 4) is 0 Å². The van der Waals surface area contributed by atoms with Gasteiger partial charge >= 0.3 is 0 Å². The number of aryl methyl sites for hydroxylation is 2. The summed E-state index contributed by atoms with van der Waals surface area (Å²) < 4.78 is 0. The molecular formula is C21H32IN5. The Morgan fingerprint density at radius 1 is 1.26 bits per heavy atom. The number of aromatic amines is 1. The zero-order valence-corrected chi connectivity index (χ0v) is 19.1. The number of aromatic nitrogens is 1. The molecule has 1 aromatic carbocycles. The van der Waals surface area contributed by atoms with Gasteiger partial charge in [0.15, 0.2) is 5.96 Å². The van der Waals surface area contributed by atoms with Crippen molar-refractivity contribution < 1.29 is 0 Å². The van der Waals surface area contributed by atoms with E-state index in [0.29, 0.717) is 12.0 Å². The Labute approximate surface area is 179 Å². The minimum Gasteiger partial charge on any atom is -0.358 e. The smallest absolute Gasteiger partial charge is 0.191 e. The first kappa shape index (κ1) is 20.5. The molecule has 5 nitrogen and oxygen atoms in total. The van der Waals surface area contributed by atoms with Gasteiger partial charge in [0.05, 0.1) is 0 Å². The number of rotatable bonds is 4. The fourth-order valence-corrected chi connectivity index (χ4v) is 4.10. The predicted molar refractivity (Wildman–Crippen MR) is 124 cm³/mol. The average molecular weight is 481 g/mol. The van der Waals surface area contributed by atoms with Crippen molar-refractivity contribution in [2.24, 2.45) is 10.9 Å². The van der Waals surface area contributed by atoms with Crippen molar-refractivity contribution in [3.63, 3.8) is 0 Å². The number of nitrogens with one attached hydrogen (secondary N) is 3. The number of hydrogen-bond donors (Lipinski definition) is 3. The summed E-state index contributed by atoms with van der Waals surface area (Å²) in [6.07, 6.45) is 2.76. The lowest BCUT2D eigenvalue weighted by Crippen LogP contribution is -2.46. The van der Waals surface area contributed by atoms with E-state index in [2.05, 4.69) is 64.5 Å². The number of likely N-dealkylation sites (tertiary alicyclic amines) is 1. The molecule has 0 bridgehead atoms. The van der Waals surface area contributed by atoms with E-state index >= 15 is 0 Å². The second-order valence-corrected chi connectivity index (χ2v) is 8.09. The highest BCUT2D eigenvalue weighted by Crippen LogP contribution is 2.31. The SMILES string of the molecule is CN=C(NCc1ccc2[nH]c(C)c(C)c2c1)NC1CN(C2CC2)CC1C.I. The third-order valence-electron chi connectivity index (χ3n) is 6.08. The molecule has 1 aliphatic heterocycles. The van der Waals surface area contributed by atoms with E-state index in [1.165, 1.54) is 47.1 Å². The molecule has 3 N–H and O–H groups in total. The maximum atomic E-state index is 4.44. The van der Waals surface area contributed by atoms with Crippen molar-refractivity contribution in [1.29, 1.82) is 0 Å². The fraction of sp³-hybridized carbons (Fsp3) is 0.571. The van der Waals surface area contributed by atoms with Crippen LogP contribution in [0.25, 0.3) is 10.9 Å². The molecule has 2 heterocycles. The molecule has 2 atom stereocenters. The van der Waals surface area contributed by atoms with Crippen LogP contribution in [0.4, 0.5) is 0 Å². The number of fused-ring (bicyclic) bond motifs is 1. The van der Waals surface area contributed by atoms with Crippen molar-refractivity contribution in [2.75, 3.05) is 20.1 Å². The van der Waals surface area contributed by atoms with Gasteiger partial charge in [-0.25, -0.2) is 0 Å². The highest BCUT2D eigenvalue weighted by Gasteiger charge is 2.38. The number of hydrogen-bond acceptors (Lipinski definition) is 2. The van der Waals surface area contributed by atoms with E-state index < -0.39 is 0 Å². The van der Waals surface area contributed by atoms with E-state index in [1.807, 2.05) is 7.05 Å². The molecular weight excluding hydrogens is 449 g/mol. The molecule has 2 aliphatic rings. The summed E-state index contributed by atoms with van der Waals surface area (Å²) in [6.45, 7) is 9.79. The summed E-state index contributed by atoms with van der Waals surface area (Å²) >= 11 is 0. The Balaban J connectivity index is 0.00000210. The van der Waals surface area contributed by atoms with Crippen LogP contribution in [0, 0.1) is 19.8 Å². The van der Waals surface area contributed by atoms with Crippen molar-refractivity contribution in [2.45, 2.75) is 52.2 Å². The summed E-state index contributed by atoms with van der Waals surface area (Å²) in [5, 5.41) is 8.45. The number of nitrogens with zero attached hydrogens (tertiary/aromatic N) is 2. The molecule has 1 aliphatic carbocycles. The van der Waals surface area contributed by atoms with Crippen LogP contribution in [0.15, 0.2) is 23.2 Å². The lowest BCUT2D eigenvalue weighted by Gasteiger charge is -2.20. The molecule has 1 saturated carbocycles. The van der Waals surface area contributed by atoms with Gasteiger partial charge in [0.25, 0.3) is 0 Å². The normalized spacial score (nSPS) is 23.5. The van der Waals surface area contributed by atoms with E-state index in [0.717, 1.165) is 25.1 Å². The largest absolute Gasteiger partial charge is 0.358 e. The molecule has 1 aromatic heterocycles. The Morgan fingerprint density at radius 3 is 2.74 bits per heavy atom. The van der Waals surface area contributed by atoms with Crippen LogP contribution in [0.1, 0.15) is 36.6 Å². The topological polar surface area (TPSA) is 55.5 Å². The standard InChI is InChI=1S/C21H31N5.HI/c1-13-11-26(17-6-7-17)12-20(13)25-21(22-4)23-10-16-5-8-19-18(9-16)14(2)15(3)24-19;/h5,8-9,13,17,20,24H,6-7,10-12H2,1-4H3,(H2,22,23,25);1H. The van der Waals surface area contributed by atoms with Crippen molar-refractivity contribution in [1.82, 2.24) is 20.5 Å². The van der Waals surface area contributed by atoms with E-state index in [9.17, 15) is 0 Å². The van der Waals surface area contributed by atoms with Gasteiger partial charge in [-0.05, 0) is 55.9 Å². The molecule has 148 valence electrons. The van der Waals surface area contributed by atoms with Gasteiger partial charge in [-0.2, -0.15) is 0 Å². The van der Waals surface area contributed by atoms with Gasteiger partial charge < -0.3 is 15.6 Å². The molecule has 0 amide bonds. The lowest BCUT2D eigenvalue weighted by atomic mass is 10.1. The van der Waals surface area contributed by atoms with Crippen LogP contribution in [0.5, 0.6) is 0 Å². The van der Waals surface area contributed by atoms with E-state index in [1.54, 1.807) is 0 Å². The molecule has 6 heteroatoms. The summed E-state index contributed by atoms with van der Waals surface area (Å²) in [5.41, 5.74) is 5.08. The van der Waals surface area contributed by atoms with Gasteiger partial charge in [-0.3, -0.25) is 9.89 Å². The second kappa shape index (κ2) is 8.39. The van der Waals surface area contributed by atoms with Crippen LogP contribution in [0.2, 0.25) is 0 Å². The molecule has 2 aromatic rings. The number of aliphatic imine (C=N–C) groups is 1. The Kier molecular flexibility index (Phi) is 6.35. The summed E-state index contributed by atoms with van der Waals surface area (Å²) in [6, 6.07) is 7.97. The monoisotopic (exact) mass is 481 g/mol. The molecule has 27 heavy (non-hydrogen) atoms. The van der Waals surface area contributed by atoms with E-state index in [4.69, 9.17) is 0 Å². The highest BCUT2D eigenvalue weighted by molar-refractivity contribution is 14.0. The van der Waals surface area contributed by atoms with Crippen LogP contribution in [-0.2, 0) is 6.54 Å². The Hall–Kier alpha value is -1.28. The number of benzene rings is 1. The van der Waals surface area contributed by atoms with Crippen molar-refractivity contribution >= 4 is 40.8 Å². The first-order valence-corrected chi connectivity index (χ1v) is 9.84. The van der Waals surface area contributed by atoms with Crippen LogP contribution < -0.4 is 10.6 Å². The van der Waals surface area contributed by atoms with Crippen molar-refractivity contribution in [3.05, 3.63) is 35.0 Å². The minimum absolute atomic E-state index is 0. The Bertz CT molecular complexity index is 823. The fourth-order valence-electron chi connectivity index (χ4n) is 4.10. The summed E-state index contributed by atoms with van der Waals surface area (Å²) in [5.74, 6) is 1.57. The van der Waals surface area contributed by atoms with Gasteiger partial charge in [-0.15, -0.1) is 24.0 Å². The van der Waals surface area contributed by atoms with Gasteiger partial charge in [0.2, 0.25) is 0 Å². The molecule has 2 fully saturated rings. The number of halogens is 1. The van der Waals surface area contributed by atoms with Crippen LogP contribution >= 0.6 is 24.0 Å². The van der Waals surface area contributed by atoms with E-state index in [-0.39, 0.29) is 24.0 Å². The number of H-pyrrole nitrogens is 1. The van der Waals surface area contributed by atoms with Crippen LogP contribution in [-0.4, -0.2) is 48.1 Å². The first-order chi connectivity index (χ1) is 12.5. The summed E-state index contributed by atoms with van der Waals surface area (Å²) in [7, 11) is 1.86. The van der Waals surface area contributed by atoms with Crippen LogP contribution in [0.3, 0.4) is 0 Å². The quantitative estimate of drug-likeness (QED) is 0.356. The summed E-state index contributed by atoms with van der Waals surface area (Å²) in [4.78, 5) is 10.5. The zero-order chi connectivity index (χ0) is 18.3. The van der Waals surface area contributed by atoms with Gasteiger partial charge in [0, 0.05) is 55.4 Å².